The second kappa shape index (κ2) is 3.02. The molecule has 0 atom stereocenters. The Morgan fingerprint density at radius 1 is 0.833 bits per heavy atom. The molecule has 0 saturated carbocycles. The first-order chi connectivity index (χ1) is 5.36. The maximum Gasteiger partial charge on any atom is 0.0155 e. The first kappa shape index (κ1) is 10.0. The zero-order chi connectivity index (χ0) is 9.41. The van der Waals surface area contributed by atoms with Crippen molar-refractivity contribution in [3.05, 3.63) is 0 Å². The van der Waals surface area contributed by atoms with Crippen LogP contribution in [0.25, 0.3) is 0 Å². The van der Waals surface area contributed by atoms with Crippen molar-refractivity contribution >= 4 is 0 Å². The Morgan fingerprint density at radius 3 is 1.50 bits per heavy atom. The van der Waals surface area contributed by atoms with Crippen molar-refractivity contribution < 1.29 is 0 Å². The lowest BCUT2D eigenvalue weighted by molar-refractivity contribution is 0.0493. The van der Waals surface area contributed by atoms with Crippen LogP contribution in [-0.4, -0.2) is 23.0 Å². The highest BCUT2D eigenvalue weighted by Gasteiger charge is 2.36. The summed E-state index contributed by atoms with van der Waals surface area (Å²) in [6, 6.07) is 0. The van der Waals surface area contributed by atoms with Gasteiger partial charge in [-0.05, 0) is 47.6 Å². The predicted octanol–water partition coefficient (Wildman–Crippen LogP) is 3.05. The molecule has 1 saturated heterocycles. The third kappa shape index (κ3) is 1.82. The molecule has 0 aliphatic carbocycles. The smallest absolute Gasteiger partial charge is 0.0155 e. The highest BCUT2D eigenvalue weighted by Crippen LogP contribution is 2.34. The maximum absolute atomic E-state index is 2.55. The lowest BCUT2D eigenvalue weighted by Crippen LogP contribution is -2.51. The fraction of sp³-hybridized carbons (Fsp3) is 1.00. The molecule has 0 aromatic heterocycles. The molecule has 0 spiro atoms. The van der Waals surface area contributed by atoms with Crippen molar-refractivity contribution in [1.82, 2.24) is 4.90 Å². The maximum atomic E-state index is 2.55. The highest BCUT2D eigenvalue weighted by molar-refractivity contribution is 4.92. The molecule has 0 aromatic carbocycles. The van der Waals surface area contributed by atoms with Crippen molar-refractivity contribution in [3.63, 3.8) is 0 Å². The fourth-order valence-corrected chi connectivity index (χ4v) is 2.27. The number of likely N-dealkylation sites (tertiary alicyclic amines) is 1. The second-order valence-electron chi connectivity index (χ2n) is 5.39. The summed E-state index contributed by atoms with van der Waals surface area (Å²) < 4.78 is 0. The lowest BCUT2D eigenvalue weighted by atomic mass is 9.93. The molecule has 1 nitrogen and oxygen atoms in total. The summed E-state index contributed by atoms with van der Waals surface area (Å²) in [5.74, 6) is 0. The fourth-order valence-electron chi connectivity index (χ4n) is 2.27. The standard InChI is InChI=1S/C11H23N/c1-10(2)8-6-7-9-11(3,4)12(10)5/h6-9H2,1-5H3. The van der Waals surface area contributed by atoms with E-state index in [2.05, 4.69) is 39.6 Å². The molecule has 12 heavy (non-hydrogen) atoms. The number of hydrogen-bond donors (Lipinski definition) is 0. The van der Waals surface area contributed by atoms with Crippen LogP contribution in [0.1, 0.15) is 53.4 Å². The van der Waals surface area contributed by atoms with E-state index in [1.807, 2.05) is 0 Å². The molecular formula is C11H23N. The quantitative estimate of drug-likeness (QED) is 0.539. The predicted molar refractivity (Wildman–Crippen MR) is 54.4 cm³/mol. The average molecular weight is 169 g/mol. The first-order valence-electron chi connectivity index (χ1n) is 5.10. The summed E-state index contributed by atoms with van der Waals surface area (Å²) in [6.45, 7) is 9.44. The van der Waals surface area contributed by atoms with Gasteiger partial charge in [0.25, 0.3) is 0 Å². The Morgan fingerprint density at radius 2 is 1.17 bits per heavy atom. The van der Waals surface area contributed by atoms with Crippen LogP contribution in [0.3, 0.4) is 0 Å². The number of hydrogen-bond acceptors (Lipinski definition) is 1. The molecule has 72 valence electrons. The van der Waals surface area contributed by atoms with Gasteiger partial charge in [-0.1, -0.05) is 12.8 Å². The van der Waals surface area contributed by atoms with E-state index in [0.717, 1.165) is 0 Å². The minimum Gasteiger partial charge on any atom is -0.296 e. The van der Waals surface area contributed by atoms with Crippen LogP contribution in [0, 0.1) is 0 Å². The van der Waals surface area contributed by atoms with Gasteiger partial charge in [0.15, 0.2) is 0 Å². The molecule has 0 amide bonds. The Balaban J connectivity index is 2.81. The molecule has 0 bridgehead atoms. The minimum atomic E-state index is 0.389. The van der Waals surface area contributed by atoms with E-state index in [1.165, 1.54) is 25.7 Å². The van der Waals surface area contributed by atoms with Gasteiger partial charge in [0.2, 0.25) is 0 Å². The SMILES string of the molecule is CN1C(C)(C)CCCCC1(C)C. The van der Waals surface area contributed by atoms with Gasteiger partial charge in [-0.25, -0.2) is 0 Å². The topological polar surface area (TPSA) is 3.24 Å². The Kier molecular flexibility index (Phi) is 2.53. The Hall–Kier alpha value is -0.0400. The summed E-state index contributed by atoms with van der Waals surface area (Å²) in [5.41, 5.74) is 0.778. The zero-order valence-corrected chi connectivity index (χ0v) is 9.28. The molecule has 1 aliphatic rings. The molecule has 0 unspecified atom stereocenters. The number of rotatable bonds is 0. The normalized spacial score (nSPS) is 29.8. The monoisotopic (exact) mass is 169 g/mol. The molecule has 1 aliphatic heterocycles. The molecule has 1 fully saturated rings. The minimum absolute atomic E-state index is 0.389. The van der Waals surface area contributed by atoms with Gasteiger partial charge in [-0.3, -0.25) is 4.90 Å². The van der Waals surface area contributed by atoms with E-state index in [4.69, 9.17) is 0 Å². The van der Waals surface area contributed by atoms with E-state index in [9.17, 15) is 0 Å². The lowest BCUT2D eigenvalue weighted by Gasteiger charge is -2.44. The van der Waals surface area contributed by atoms with Crippen molar-refractivity contribution in [1.29, 1.82) is 0 Å². The Labute approximate surface area is 77.1 Å². The van der Waals surface area contributed by atoms with Gasteiger partial charge < -0.3 is 0 Å². The third-order valence-corrected chi connectivity index (χ3v) is 3.64. The molecule has 0 N–H and O–H groups in total. The summed E-state index contributed by atoms with van der Waals surface area (Å²) in [5, 5.41) is 0. The summed E-state index contributed by atoms with van der Waals surface area (Å²) >= 11 is 0. The van der Waals surface area contributed by atoms with Gasteiger partial charge in [-0.15, -0.1) is 0 Å². The molecular weight excluding hydrogens is 146 g/mol. The van der Waals surface area contributed by atoms with Crippen LogP contribution in [0.5, 0.6) is 0 Å². The summed E-state index contributed by atoms with van der Waals surface area (Å²) in [4.78, 5) is 2.55. The summed E-state index contributed by atoms with van der Waals surface area (Å²) in [6.07, 6.45) is 5.46. The van der Waals surface area contributed by atoms with Crippen molar-refractivity contribution in [2.24, 2.45) is 0 Å². The van der Waals surface area contributed by atoms with Crippen LogP contribution in [-0.2, 0) is 0 Å². The third-order valence-electron chi connectivity index (χ3n) is 3.64. The molecule has 1 heterocycles. The van der Waals surface area contributed by atoms with Crippen molar-refractivity contribution in [2.45, 2.75) is 64.5 Å². The Bertz CT molecular complexity index is 140. The molecule has 1 rings (SSSR count). The van der Waals surface area contributed by atoms with E-state index in [0.29, 0.717) is 11.1 Å². The van der Waals surface area contributed by atoms with E-state index < -0.39 is 0 Å². The van der Waals surface area contributed by atoms with Crippen LogP contribution >= 0.6 is 0 Å². The van der Waals surface area contributed by atoms with Crippen LogP contribution < -0.4 is 0 Å². The number of nitrogens with zero attached hydrogens (tertiary/aromatic N) is 1. The van der Waals surface area contributed by atoms with Crippen molar-refractivity contribution in [2.75, 3.05) is 7.05 Å². The van der Waals surface area contributed by atoms with Crippen LogP contribution in [0.2, 0.25) is 0 Å². The zero-order valence-electron chi connectivity index (χ0n) is 9.28. The van der Waals surface area contributed by atoms with Crippen LogP contribution in [0.15, 0.2) is 0 Å². The largest absolute Gasteiger partial charge is 0.296 e. The van der Waals surface area contributed by atoms with Gasteiger partial charge in [0, 0.05) is 11.1 Å². The van der Waals surface area contributed by atoms with E-state index in [1.54, 1.807) is 0 Å². The van der Waals surface area contributed by atoms with Crippen molar-refractivity contribution in [3.8, 4) is 0 Å². The first-order valence-corrected chi connectivity index (χ1v) is 5.10. The van der Waals surface area contributed by atoms with Gasteiger partial charge in [0.1, 0.15) is 0 Å². The van der Waals surface area contributed by atoms with E-state index in [-0.39, 0.29) is 0 Å². The highest BCUT2D eigenvalue weighted by atomic mass is 15.2. The molecule has 0 radical (unpaired) electrons. The second-order valence-corrected chi connectivity index (χ2v) is 5.39. The van der Waals surface area contributed by atoms with Gasteiger partial charge in [-0.2, -0.15) is 0 Å². The van der Waals surface area contributed by atoms with Gasteiger partial charge in [0.05, 0.1) is 0 Å². The summed E-state index contributed by atoms with van der Waals surface area (Å²) in [7, 11) is 2.27. The van der Waals surface area contributed by atoms with Crippen LogP contribution in [0.4, 0.5) is 0 Å². The van der Waals surface area contributed by atoms with E-state index >= 15 is 0 Å². The molecule has 0 aromatic rings. The molecule has 1 heteroatoms. The van der Waals surface area contributed by atoms with Gasteiger partial charge >= 0.3 is 0 Å². The average Bonchev–Trinajstić information content (AvgIpc) is 2.02.